The summed E-state index contributed by atoms with van der Waals surface area (Å²) in [5.74, 6) is 1.87. The molecule has 0 bridgehead atoms. The van der Waals surface area contributed by atoms with E-state index in [1.54, 1.807) is 7.11 Å². The molecule has 0 amide bonds. The fourth-order valence-corrected chi connectivity index (χ4v) is 3.00. The van der Waals surface area contributed by atoms with Crippen LogP contribution in [0.25, 0.3) is 10.8 Å². The van der Waals surface area contributed by atoms with Gasteiger partial charge in [-0.3, -0.25) is 0 Å². The van der Waals surface area contributed by atoms with Gasteiger partial charge in [-0.25, -0.2) is 0 Å². The summed E-state index contributed by atoms with van der Waals surface area (Å²) in [6.07, 6.45) is 2.60. The molecule has 2 aromatic rings. The van der Waals surface area contributed by atoms with Crippen LogP contribution in [0.5, 0.6) is 5.75 Å². The first-order chi connectivity index (χ1) is 9.28. The van der Waals surface area contributed by atoms with Crippen LogP contribution in [0.15, 0.2) is 36.4 Å². The second kappa shape index (κ2) is 5.22. The van der Waals surface area contributed by atoms with Crippen LogP contribution in [-0.2, 0) is 6.54 Å². The minimum Gasteiger partial charge on any atom is -0.496 e. The number of ether oxygens (including phenoxy) is 1. The number of fused-ring (bicyclic) bond motifs is 1. The Morgan fingerprint density at radius 1 is 1.16 bits per heavy atom. The molecule has 2 aromatic carbocycles. The van der Waals surface area contributed by atoms with Gasteiger partial charge in [0.2, 0.25) is 0 Å². The van der Waals surface area contributed by atoms with Gasteiger partial charge in [-0.1, -0.05) is 37.3 Å². The fourth-order valence-electron chi connectivity index (χ4n) is 3.00. The van der Waals surface area contributed by atoms with E-state index in [-0.39, 0.29) is 0 Å². The fraction of sp³-hybridized carbons (Fsp3) is 0.412. The van der Waals surface area contributed by atoms with Gasteiger partial charge < -0.3 is 10.1 Å². The zero-order chi connectivity index (χ0) is 13.2. The van der Waals surface area contributed by atoms with Crippen molar-refractivity contribution in [1.82, 2.24) is 5.32 Å². The van der Waals surface area contributed by atoms with E-state index < -0.39 is 0 Å². The number of hydrogen-bond donors (Lipinski definition) is 1. The average molecular weight is 255 g/mol. The van der Waals surface area contributed by atoms with Crippen molar-refractivity contribution in [2.45, 2.75) is 32.4 Å². The second-order valence-electron chi connectivity index (χ2n) is 5.62. The number of rotatable bonds is 4. The largest absolute Gasteiger partial charge is 0.496 e. The molecule has 1 N–H and O–H groups in total. The first kappa shape index (κ1) is 12.5. The Balaban J connectivity index is 1.86. The molecule has 19 heavy (non-hydrogen) atoms. The van der Waals surface area contributed by atoms with E-state index in [0.29, 0.717) is 6.04 Å². The monoisotopic (exact) mass is 255 g/mol. The summed E-state index contributed by atoms with van der Waals surface area (Å²) in [5, 5.41) is 6.23. The molecule has 0 saturated heterocycles. The van der Waals surface area contributed by atoms with E-state index >= 15 is 0 Å². The summed E-state index contributed by atoms with van der Waals surface area (Å²) >= 11 is 0. The molecule has 2 heteroatoms. The third-order valence-electron chi connectivity index (χ3n) is 4.16. The molecule has 0 aliphatic heterocycles. The first-order valence-corrected chi connectivity index (χ1v) is 7.06. The highest BCUT2D eigenvalue weighted by Crippen LogP contribution is 2.30. The minimum absolute atomic E-state index is 0.679. The van der Waals surface area contributed by atoms with Gasteiger partial charge in [0.05, 0.1) is 7.11 Å². The highest BCUT2D eigenvalue weighted by molar-refractivity contribution is 5.87. The molecule has 0 unspecified atom stereocenters. The van der Waals surface area contributed by atoms with Crippen molar-refractivity contribution in [2.75, 3.05) is 7.11 Å². The highest BCUT2D eigenvalue weighted by atomic mass is 16.5. The SMILES string of the molecule is COc1ccc2ccccc2c1CNC1CC(C)C1. The molecule has 1 saturated carbocycles. The number of methoxy groups -OCH3 is 1. The molecular weight excluding hydrogens is 234 g/mol. The normalized spacial score (nSPS) is 22.2. The maximum absolute atomic E-state index is 5.52. The first-order valence-electron chi connectivity index (χ1n) is 7.06. The van der Waals surface area contributed by atoms with Gasteiger partial charge in [0.25, 0.3) is 0 Å². The van der Waals surface area contributed by atoms with E-state index in [0.717, 1.165) is 18.2 Å². The van der Waals surface area contributed by atoms with Crippen LogP contribution in [0.4, 0.5) is 0 Å². The van der Waals surface area contributed by atoms with Crippen LogP contribution >= 0.6 is 0 Å². The van der Waals surface area contributed by atoms with E-state index in [1.807, 2.05) is 0 Å². The lowest BCUT2D eigenvalue weighted by molar-refractivity contribution is 0.240. The molecule has 0 radical (unpaired) electrons. The molecule has 0 atom stereocenters. The van der Waals surface area contributed by atoms with Crippen molar-refractivity contribution in [3.05, 3.63) is 42.0 Å². The Bertz CT molecular complexity index is 572. The predicted molar refractivity (Wildman–Crippen MR) is 79.5 cm³/mol. The Hall–Kier alpha value is -1.54. The quantitative estimate of drug-likeness (QED) is 0.898. The van der Waals surface area contributed by atoms with Crippen molar-refractivity contribution >= 4 is 10.8 Å². The topological polar surface area (TPSA) is 21.3 Å². The standard InChI is InChI=1S/C17H21NO/c1-12-9-14(10-12)18-11-16-15-6-4-3-5-13(15)7-8-17(16)19-2/h3-8,12,14,18H,9-11H2,1-2H3. The van der Waals surface area contributed by atoms with Crippen molar-refractivity contribution in [1.29, 1.82) is 0 Å². The molecule has 0 heterocycles. The van der Waals surface area contributed by atoms with Gasteiger partial charge in [0.1, 0.15) is 5.75 Å². The zero-order valence-corrected chi connectivity index (χ0v) is 11.6. The maximum Gasteiger partial charge on any atom is 0.123 e. The summed E-state index contributed by atoms with van der Waals surface area (Å²) in [5.41, 5.74) is 1.28. The molecule has 1 fully saturated rings. The summed E-state index contributed by atoms with van der Waals surface area (Å²) in [7, 11) is 1.75. The van der Waals surface area contributed by atoms with Gasteiger partial charge in [0, 0.05) is 18.2 Å². The Morgan fingerprint density at radius 3 is 2.68 bits per heavy atom. The molecule has 3 rings (SSSR count). The van der Waals surface area contributed by atoms with E-state index in [9.17, 15) is 0 Å². The lowest BCUT2D eigenvalue weighted by Gasteiger charge is -2.33. The molecule has 100 valence electrons. The van der Waals surface area contributed by atoms with Crippen LogP contribution in [-0.4, -0.2) is 13.2 Å². The number of nitrogens with one attached hydrogen (secondary N) is 1. The summed E-state index contributed by atoms with van der Waals surface area (Å²) in [6, 6.07) is 13.4. The summed E-state index contributed by atoms with van der Waals surface area (Å²) < 4.78 is 5.52. The minimum atomic E-state index is 0.679. The van der Waals surface area contributed by atoms with Crippen LogP contribution in [0, 0.1) is 5.92 Å². The molecular formula is C17H21NO. The smallest absolute Gasteiger partial charge is 0.123 e. The van der Waals surface area contributed by atoms with E-state index in [2.05, 4.69) is 48.6 Å². The predicted octanol–water partition coefficient (Wildman–Crippen LogP) is 3.74. The Morgan fingerprint density at radius 2 is 1.95 bits per heavy atom. The summed E-state index contributed by atoms with van der Waals surface area (Å²) in [6.45, 7) is 3.21. The van der Waals surface area contributed by atoms with Gasteiger partial charge in [-0.15, -0.1) is 0 Å². The molecule has 1 aliphatic rings. The number of benzene rings is 2. The van der Waals surface area contributed by atoms with E-state index in [1.165, 1.54) is 29.2 Å². The summed E-state index contributed by atoms with van der Waals surface area (Å²) in [4.78, 5) is 0. The van der Waals surface area contributed by atoms with Crippen molar-refractivity contribution in [2.24, 2.45) is 5.92 Å². The Kier molecular flexibility index (Phi) is 3.43. The highest BCUT2D eigenvalue weighted by Gasteiger charge is 2.24. The van der Waals surface area contributed by atoms with Gasteiger partial charge >= 0.3 is 0 Å². The lowest BCUT2D eigenvalue weighted by atomic mass is 9.82. The van der Waals surface area contributed by atoms with Crippen LogP contribution in [0.2, 0.25) is 0 Å². The third kappa shape index (κ3) is 2.45. The van der Waals surface area contributed by atoms with Crippen molar-refractivity contribution < 1.29 is 4.74 Å². The second-order valence-corrected chi connectivity index (χ2v) is 5.62. The third-order valence-corrected chi connectivity index (χ3v) is 4.16. The van der Waals surface area contributed by atoms with Gasteiger partial charge in [-0.05, 0) is 35.6 Å². The van der Waals surface area contributed by atoms with Crippen LogP contribution in [0.1, 0.15) is 25.3 Å². The van der Waals surface area contributed by atoms with Crippen molar-refractivity contribution in [3.8, 4) is 5.75 Å². The Labute approximate surface area is 114 Å². The van der Waals surface area contributed by atoms with Crippen LogP contribution in [0.3, 0.4) is 0 Å². The van der Waals surface area contributed by atoms with Gasteiger partial charge in [0.15, 0.2) is 0 Å². The molecule has 1 aliphatic carbocycles. The van der Waals surface area contributed by atoms with E-state index in [4.69, 9.17) is 4.74 Å². The van der Waals surface area contributed by atoms with Gasteiger partial charge in [-0.2, -0.15) is 0 Å². The molecule has 0 spiro atoms. The molecule has 0 aromatic heterocycles. The number of hydrogen-bond acceptors (Lipinski definition) is 2. The lowest BCUT2D eigenvalue weighted by Crippen LogP contribution is -2.39. The molecule has 2 nitrogen and oxygen atoms in total. The van der Waals surface area contributed by atoms with Crippen LogP contribution < -0.4 is 10.1 Å². The van der Waals surface area contributed by atoms with Crippen molar-refractivity contribution in [3.63, 3.8) is 0 Å². The average Bonchev–Trinajstić information content (AvgIpc) is 2.42. The zero-order valence-electron chi connectivity index (χ0n) is 11.6. The maximum atomic E-state index is 5.52.